The molecule has 3 fully saturated rings. The normalized spacial score (nSPS) is 25.3. The van der Waals surface area contributed by atoms with Gasteiger partial charge in [0.15, 0.2) is 0 Å². The molecule has 4 aliphatic carbocycles. The number of rotatable bonds is 8. The summed E-state index contributed by atoms with van der Waals surface area (Å²) in [4.78, 5) is 0. The van der Waals surface area contributed by atoms with Crippen LogP contribution in [0, 0.1) is 0 Å². The van der Waals surface area contributed by atoms with Crippen molar-refractivity contribution in [2.45, 2.75) is 153 Å². The van der Waals surface area contributed by atoms with Crippen LogP contribution in [0.4, 0.5) is 0 Å². The molecule has 0 radical (unpaired) electrons. The van der Waals surface area contributed by atoms with Crippen LogP contribution >= 0.6 is 7.71 Å². The lowest BCUT2D eigenvalue weighted by Crippen LogP contribution is -2.55. The van der Waals surface area contributed by atoms with Gasteiger partial charge in [0.2, 0.25) is 0 Å². The molecule has 0 amide bonds. The molecule has 0 atom stereocenters. The highest BCUT2D eigenvalue weighted by atomic mass is 31.2. The SMILES string of the molecule is CN(C1CCCCC1)N(C)[P+](C1=CCCCCCC1)(N(C)C1CCCCC1)N(C)C1CCCCC1. The predicted molar refractivity (Wildman–Crippen MR) is 154 cm³/mol. The smallest absolute Gasteiger partial charge is 0.207 e. The van der Waals surface area contributed by atoms with Gasteiger partial charge in [0.25, 0.3) is 7.71 Å². The van der Waals surface area contributed by atoms with Crippen molar-refractivity contribution in [3.05, 3.63) is 11.4 Å². The molecule has 4 nitrogen and oxygen atoms in total. The summed E-state index contributed by atoms with van der Waals surface area (Å²) in [7, 11) is 8.23. The van der Waals surface area contributed by atoms with Crippen LogP contribution in [0.3, 0.4) is 0 Å². The summed E-state index contributed by atoms with van der Waals surface area (Å²) in [6.07, 6.45) is 32.1. The van der Waals surface area contributed by atoms with E-state index < -0.39 is 7.71 Å². The summed E-state index contributed by atoms with van der Waals surface area (Å²) >= 11 is 0. The molecule has 0 unspecified atom stereocenters. The van der Waals surface area contributed by atoms with E-state index in [4.69, 9.17) is 0 Å². The van der Waals surface area contributed by atoms with Crippen molar-refractivity contribution in [2.75, 3.05) is 28.2 Å². The molecule has 0 aromatic heterocycles. The van der Waals surface area contributed by atoms with E-state index in [1.807, 2.05) is 5.31 Å². The molecule has 0 N–H and O–H groups in total. The monoisotopic (exact) mass is 505 g/mol. The summed E-state index contributed by atoms with van der Waals surface area (Å²) in [5.74, 6) is 0. The quantitative estimate of drug-likeness (QED) is 0.242. The van der Waals surface area contributed by atoms with Crippen molar-refractivity contribution >= 4 is 7.71 Å². The molecule has 4 aliphatic rings. The molecule has 0 aliphatic heterocycles. The number of allylic oxidation sites excluding steroid dienone is 2. The standard InChI is InChI=1S/C30H58N4P/c1-31(27-19-11-8-12-20-27)34(4)35(30-25-17-6-5-7-18-26-30,32(2)28-21-13-9-14-22-28)33(3)29-23-15-10-16-24-29/h25,27-29H,5-24,26H2,1-4H3/q+1. The lowest BCUT2D eigenvalue weighted by atomic mass is 9.95. The first-order valence-electron chi connectivity index (χ1n) is 15.6. The summed E-state index contributed by atoms with van der Waals surface area (Å²) in [5.41, 5.74) is 0. The van der Waals surface area contributed by atoms with Crippen LogP contribution in [0.1, 0.15) is 135 Å². The third-order valence-corrected chi connectivity index (χ3v) is 14.9. The number of hydrogen-bond donors (Lipinski definition) is 0. The molecule has 0 aromatic carbocycles. The maximum absolute atomic E-state index is 3.01. The minimum atomic E-state index is -1.86. The molecular weight excluding hydrogens is 447 g/mol. The van der Waals surface area contributed by atoms with Gasteiger partial charge in [0, 0.05) is 52.7 Å². The van der Waals surface area contributed by atoms with E-state index in [0.29, 0.717) is 6.04 Å². The third kappa shape index (κ3) is 6.36. The maximum atomic E-state index is 3.01. The van der Waals surface area contributed by atoms with Crippen LogP contribution in [0.2, 0.25) is 0 Å². The number of hydrazine groups is 1. The van der Waals surface area contributed by atoms with Crippen molar-refractivity contribution in [3.63, 3.8) is 0 Å². The summed E-state index contributed by atoms with van der Waals surface area (Å²) in [5, 5.41) is 4.58. The summed E-state index contributed by atoms with van der Waals surface area (Å²) in [6.45, 7) is 0. The predicted octanol–water partition coefficient (Wildman–Crippen LogP) is 8.63. The van der Waals surface area contributed by atoms with Gasteiger partial charge in [-0.05, 0) is 63.9 Å². The first kappa shape index (κ1) is 28.0. The van der Waals surface area contributed by atoms with Crippen molar-refractivity contribution in [3.8, 4) is 0 Å². The summed E-state index contributed by atoms with van der Waals surface area (Å²) in [6, 6.07) is 2.18. The lowest BCUT2D eigenvalue weighted by molar-refractivity contribution is 0.0296. The van der Waals surface area contributed by atoms with Gasteiger partial charge < -0.3 is 0 Å². The zero-order valence-electron chi connectivity index (χ0n) is 23.9. The first-order chi connectivity index (χ1) is 17.1. The molecular formula is C30H58N4P+. The average Bonchev–Trinajstić information content (AvgIpc) is 2.90. The number of nitrogens with zero attached hydrogens (tertiary/aromatic N) is 4. The molecule has 0 heterocycles. The van der Waals surface area contributed by atoms with Crippen LogP contribution in [0.25, 0.3) is 0 Å². The second-order valence-corrected chi connectivity index (χ2v) is 15.9. The molecule has 3 saturated carbocycles. The van der Waals surface area contributed by atoms with Gasteiger partial charge >= 0.3 is 0 Å². The van der Waals surface area contributed by atoms with Crippen LogP contribution < -0.4 is 0 Å². The largest absolute Gasteiger partial charge is 0.271 e. The first-order valence-corrected chi connectivity index (χ1v) is 17.2. The van der Waals surface area contributed by atoms with Crippen LogP contribution in [-0.4, -0.2) is 65.4 Å². The minimum absolute atomic E-state index is 0.710. The number of hydrogen-bond acceptors (Lipinski definition) is 4. The molecule has 0 spiro atoms. The van der Waals surface area contributed by atoms with E-state index in [9.17, 15) is 0 Å². The van der Waals surface area contributed by atoms with E-state index in [1.165, 1.54) is 135 Å². The fourth-order valence-corrected chi connectivity index (χ4v) is 13.1. The van der Waals surface area contributed by atoms with Gasteiger partial charge in [-0.1, -0.05) is 75.4 Å². The third-order valence-electron chi connectivity index (χ3n) is 10.2. The molecule has 0 aromatic rings. The van der Waals surface area contributed by atoms with E-state index in [0.717, 1.165) is 12.1 Å². The van der Waals surface area contributed by atoms with E-state index in [2.05, 4.69) is 53.4 Å². The Morgan fingerprint density at radius 3 is 1.49 bits per heavy atom. The summed E-state index contributed by atoms with van der Waals surface area (Å²) < 4.78 is 8.89. The Kier molecular flexibility index (Phi) is 11.0. The highest BCUT2D eigenvalue weighted by Gasteiger charge is 2.61. The molecule has 202 valence electrons. The zero-order chi connectivity index (χ0) is 24.7. The Morgan fingerprint density at radius 1 is 0.543 bits per heavy atom. The van der Waals surface area contributed by atoms with Gasteiger partial charge in [-0.3, -0.25) is 0 Å². The van der Waals surface area contributed by atoms with Crippen LogP contribution in [0.15, 0.2) is 11.4 Å². The second-order valence-electron chi connectivity index (χ2n) is 12.3. The molecule has 0 bridgehead atoms. The van der Waals surface area contributed by atoms with E-state index in [-0.39, 0.29) is 0 Å². The Labute approximate surface area is 219 Å². The fraction of sp³-hybridized carbons (Fsp3) is 0.933. The van der Waals surface area contributed by atoms with Crippen molar-refractivity contribution in [1.82, 2.24) is 19.1 Å². The Hall–Kier alpha value is 0.01000. The Morgan fingerprint density at radius 2 is 0.971 bits per heavy atom. The average molecular weight is 506 g/mol. The van der Waals surface area contributed by atoms with Crippen LogP contribution in [0.5, 0.6) is 0 Å². The topological polar surface area (TPSA) is 13.0 Å². The highest BCUT2D eigenvalue weighted by Crippen LogP contribution is 2.75. The van der Waals surface area contributed by atoms with Crippen molar-refractivity contribution in [2.24, 2.45) is 0 Å². The molecule has 5 heteroatoms. The van der Waals surface area contributed by atoms with Crippen molar-refractivity contribution < 1.29 is 0 Å². The Bertz CT molecular complexity index is 625. The Balaban J connectivity index is 1.78. The maximum Gasteiger partial charge on any atom is 0.271 e. The van der Waals surface area contributed by atoms with Gasteiger partial charge in [0.05, 0.1) is 0 Å². The highest BCUT2D eigenvalue weighted by molar-refractivity contribution is 7.73. The van der Waals surface area contributed by atoms with E-state index >= 15 is 0 Å². The second kappa shape index (κ2) is 13.7. The minimum Gasteiger partial charge on any atom is -0.207 e. The van der Waals surface area contributed by atoms with Crippen molar-refractivity contribution in [1.29, 1.82) is 0 Å². The molecule has 0 saturated heterocycles. The molecule has 4 rings (SSSR count). The van der Waals surface area contributed by atoms with E-state index in [1.54, 1.807) is 0 Å². The van der Waals surface area contributed by atoms with Gasteiger partial charge in [-0.25, -0.2) is 5.01 Å². The van der Waals surface area contributed by atoms with Gasteiger partial charge in [-0.2, -0.15) is 0 Å². The van der Waals surface area contributed by atoms with Gasteiger partial charge in [-0.15, -0.1) is 9.34 Å². The molecule has 35 heavy (non-hydrogen) atoms. The lowest BCUT2D eigenvalue weighted by Gasteiger charge is -2.53. The fourth-order valence-electron chi connectivity index (χ4n) is 7.92. The van der Waals surface area contributed by atoms with Gasteiger partial charge in [0.1, 0.15) is 5.31 Å². The zero-order valence-corrected chi connectivity index (χ0v) is 24.8. The van der Waals surface area contributed by atoms with Crippen LogP contribution in [-0.2, 0) is 0 Å².